The van der Waals surface area contributed by atoms with Crippen LogP contribution in [0, 0.1) is 5.82 Å². The van der Waals surface area contributed by atoms with Gasteiger partial charge in [-0.05, 0) is 24.3 Å². The predicted molar refractivity (Wildman–Crippen MR) is 107 cm³/mol. The molecule has 0 bridgehead atoms. The number of aromatic amines is 2. The molecule has 30 heavy (non-hydrogen) atoms. The first-order valence-electron chi connectivity index (χ1n) is 8.75. The van der Waals surface area contributed by atoms with Crippen molar-refractivity contribution in [1.82, 2.24) is 15.0 Å². The van der Waals surface area contributed by atoms with Crippen molar-refractivity contribution in [2.45, 2.75) is 0 Å². The van der Waals surface area contributed by atoms with Crippen molar-refractivity contribution in [3.63, 3.8) is 0 Å². The average molecular weight is 404 g/mol. The normalized spacial score (nSPS) is 10.7. The highest BCUT2D eigenvalue weighted by atomic mass is 19.1. The zero-order valence-electron chi connectivity index (χ0n) is 15.2. The van der Waals surface area contributed by atoms with E-state index in [1.54, 1.807) is 30.3 Å². The van der Waals surface area contributed by atoms with Crippen LogP contribution in [0.5, 0.6) is 0 Å². The molecule has 148 valence electrons. The number of pyridine rings is 1. The number of amides is 1. The number of fused-ring (bicyclic) bond motifs is 1. The number of anilines is 1. The number of benzene rings is 2. The minimum absolute atomic E-state index is 0.0290. The summed E-state index contributed by atoms with van der Waals surface area (Å²) in [4.78, 5) is 56.6. The summed E-state index contributed by atoms with van der Waals surface area (Å²) in [6.45, 7) is 0. The Labute approximate surface area is 167 Å². The van der Waals surface area contributed by atoms with Crippen LogP contribution >= 0.6 is 0 Å². The fourth-order valence-corrected chi connectivity index (χ4v) is 2.90. The van der Waals surface area contributed by atoms with E-state index < -0.39 is 28.8 Å². The molecule has 0 radical (unpaired) electrons. The maximum absolute atomic E-state index is 14.2. The molecule has 4 aromatic rings. The van der Waals surface area contributed by atoms with Crippen LogP contribution in [-0.2, 0) is 0 Å². The minimum Gasteiger partial charge on any atom is -0.322 e. The largest absolute Gasteiger partial charge is 0.327 e. The molecule has 0 spiro atoms. The molecule has 0 aliphatic rings. The molecule has 0 atom stereocenters. The summed E-state index contributed by atoms with van der Waals surface area (Å²) >= 11 is 0. The van der Waals surface area contributed by atoms with Crippen molar-refractivity contribution < 1.29 is 14.0 Å². The fraction of sp³-hybridized carbons (Fsp3) is 0. The summed E-state index contributed by atoms with van der Waals surface area (Å²) in [5, 5.41) is 2.57. The number of H-pyrrole nitrogens is 2. The van der Waals surface area contributed by atoms with Gasteiger partial charge < -0.3 is 5.32 Å². The number of carbonyl (C=O) groups is 2. The van der Waals surface area contributed by atoms with Crippen LogP contribution in [-0.4, -0.2) is 26.6 Å². The number of carbonyl (C=O) groups excluding carboxylic acids is 2. The van der Waals surface area contributed by atoms with E-state index in [1.165, 1.54) is 24.4 Å². The van der Waals surface area contributed by atoms with Gasteiger partial charge in [-0.2, -0.15) is 0 Å². The number of nitrogens with zero attached hydrogens (tertiary/aromatic N) is 1. The van der Waals surface area contributed by atoms with E-state index in [0.29, 0.717) is 5.56 Å². The Hall–Kier alpha value is -4.40. The lowest BCUT2D eigenvalue weighted by Crippen LogP contribution is -2.23. The average Bonchev–Trinajstić information content (AvgIpc) is 2.75. The molecular weight excluding hydrogens is 391 g/mol. The smallest absolute Gasteiger partial charge is 0.322 e. The van der Waals surface area contributed by atoms with E-state index >= 15 is 0 Å². The number of hydrogen-bond donors (Lipinski definition) is 3. The van der Waals surface area contributed by atoms with Crippen LogP contribution in [0.4, 0.5) is 10.1 Å². The zero-order valence-corrected chi connectivity index (χ0v) is 15.2. The minimum atomic E-state index is -0.718. The predicted octanol–water partition coefficient (Wildman–Crippen LogP) is 2.23. The van der Waals surface area contributed by atoms with E-state index in [0.717, 1.165) is 6.07 Å². The van der Waals surface area contributed by atoms with Gasteiger partial charge in [0.25, 0.3) is 11.5 Å². The number of hydrogen-bond acceptors (Lipinski definition) is 5. The summed E-state index contributed by atoms with van der Waals surface area (Å²) in [5.41, 5.74) is -1.00. The quantitative estimate of drug-likeness (QED) is 0.450. The molecular formula is C21H13FN4O4. The number of aromatic nitrogens is 3. The lowest BCUT2D eigenvalue weighted by atomic mass is 10.0. The topological polar surface area (TPSA) is 125 Å². The second kappa shape index (κ2) is 7.55. The Morgan fingerprint density at radius 2 is 1.70 bits per heavy atom. The van der Waals surface area contributed by atoms with Crippen LogP contribution in [0.2, 0.25) is 0 Å². The standard InChI is InChI=1S/C21H13FN4O4/c22-16-7-6-13(9-14(16)17(27)11-4-2-1-3-5-11)24-19(28)12-8-15-18(23-10-12)25-21(30)26-20(15)29/h1-10H,(H,24,28)(H2,23,25,26,29,30). The summed E-state index contributed by atoms with van der Waals surface area (Å²) in [7, 11) is 0. The number of rotatable bonds is 4. The molecule has 3 N–H and O–H groups in total. The molecule has 2 aromatic carbocycles. The van der Waals surface area contributed by atoms with Crippen molar-refractivity contribution in [2.75, 3.05) is 5.32 Å². The van der Waals surface area contributed by atoms with E-state index in [9.17, 15) is 23.6 Å². The van der Waals surface area contributed by atoms with Crippen LogP contribution in [0.25, 0.3) is 11.0 Å². The van der Waals surface area contributed by atoms with Crippen molar-refractivity contribution >= 4 is 28.4 Å². The molecule has 8 nitrogen and oxygen atoms in total. The Kier molecular flexibility index (Phi) is 4.77. The van der Waals surface area contributed by atoms with Crippen molar-refractivity contribution in [3.8, 4) is 0 Å². The second-order valence-corrected chi connectivity index (χ2v) is 6.37. The van der Waals surface area contributed by atoms with Gasteiger partial charge in [-0.15, -0.1) is 0 Å². The Balaban J connectivity index is 1.64. The van der Waals surface area contributed by atoms with Crippen LogP contribution in [0.3, 0.4) is 0 Å². The van der Waals surface area contributed by atoms with E-state index in [-0.39, 0.29) is 27.8 Å². The Morgan fingerprint density at radius 3 is 2.47 bits per heavy atom. The van der Waals surface area contributed by atoms with Gasteiger partial charge in [0.1, 0.15) is 11.5 Å². The molecule has 2 heterocycles. The van der Waals surface area contributed by atoms with Gasteiger partial charge in [0.05, 0.1) is 16.5 Å². The fourth-order valence-electron chi connectivity index (χ4n) is 2.90. The Morgan fingerprint density at radius 1 is 0.933 bits per heavy atom. The number of ketones is 1. The van der Waals surface area contributed by atoms with Crippen molar-refractivity contribution in [3.05, 3.63) is 104 Å². The molecule has 0 unspecified atom stereocenters. The summed E-state index contributed by atoms with van der Waals surface area (Å²) in [5.74, 6) is -1.86. The summed E-state index contributed by atoms with van der Waals surface area (Å²) in [6, 6.07) is 13.1. The second-order valence-electron chi connectivity index (χ2n) is 6.37. The molecule has 1 amide bonds. The molecule has 0 saturated heterocycles. The lowest BCUT2D eigenvalue weighted by molar-refractivity contribution is 0.101. The summed E-state index contributed by atoms with van der Waals surface area (Å²) < 4.78 is 14.2. The first-order chi connectivity index (χ1) is 14.4. The lowest BCUT2D eigenvalue weighted by Gasteiger charge is -2.09. The first kappa shape index (κ1) is 18.9. The third-order valence-corrected chi connectivity index (χ3v) is 4.36. The summed E-state index contributed by atoms with van der Waals surface area (Å²) in [6.07, 6.45) is 1.19. The number of nitrogens with one attached hydrogen (secondary N) is 3. The van der Waals surface area contributed by atoms with Crippen molar-refractivity contribution in [1.29, 1.82) is 0 Å². The van der Waals surface area contributed by atoms with Gasteiger partial charge in [-0.3, -0.25) is 24.4 Å². The zero-order chi connectivity index (χ0) is 21.3. The van der Waals surface area contributed by atoms with Gasteiger partial charge in [-0.25, -0.2) is 14.2 Å². The molecule has 0 aliphatic heterocycles. The highest BCUT2D eigenvalue weighted by Gasteiger charge is 2.16. The van der Waals surface area contributed by atoms with Gasteiger partial charge in [0, 0.05) is 17.4 Å². The third kappa shape index (κ3) is 3.63. The molecule has 4 rings (SSSR count). The SMILES string of the molecule is O=C(Nc1ccc(F)c(C(=O)c2ccccc2)c1)c1cnc2[nH]c(=O)[nH]c(=O)c2c1. The monoisotopic (exact) mass is 404 g/mol. The van der Waals surface area contributed by atoms with Gasteiger partial charge in [-0.1, -0.05) is 30.3 Å². The maximum atomic E-state index is 14.2. The van der Waals surface area contributed by atoms with Crippen LogP contribution < -0.4 is 16.6 Å². The van der Waals surface area contributed by atoms with Gasteiger partial charge in [0.15, 0.2) is 5.78 Å². The molecule has 0 saturated carbocycles. The molecule has 9 heteroatoms. The van der Waals surface area contributed by atoms with E-state index in [4.69, 9.17) is 0 Å². The molecule has 0 aliphatic carbocycles. The van der Waals surface area contributed by atoms with Crippen LogP contribution in [0.15, 0.2) is 70.4 Å². The van der Waals surface area contributed by atoms with Gasteiger partial charge >= 0.3 is 5.69 Å². The molecule has 0 fully saturated rings. The van der Waals surface area contributed by atoms with E-state index in [2.05, 4.69) is 20.3 Å². The first-order valence-corrected chi connectivity index (χ1v) is 8.75. The Bertz CT molecular complexity index is 1410. The van der Waals surface area contributed by atoms with E-state index in [1.807, 2.05) is 0 Å². The highest BCUT2D eigenvalue weighted by Crippen LogP contribution is 2.19. The van der Waals surface area contributed by atoms with Crippen LogP contribution in [0.1, 0.15) is 26.3 Å². The number of halogens is 1. The van der Waals surface area contributed by atoms with Crippen molar-refractivity contribution in [2.24, 2.45) is 0 Å². The molecule has 2 aromatic heterocycles. The third-order valence-electron chi connectivity index (χ3n) is 4.36. The van der Waals surface area contributed by atoms with Gasteiger partial charge in [0.2, 0.25) is 0 Å². The maximum Gasteiger partial charge on any atom is 0.327 e. The highest BCUT2D eigenvalue weighted by molar-refractivity contribution is 6.10.